The van der Waals surface area contributed by atoms with Gasteiger partial charge < -0.3 is 14.7 Å². The standard InChI is InChI=1S/C22H23NO6S2/c1-15(23-29-16(2)25)21(26)17-3-7-19(8-4-17)31-20-9-5-18(6-10-20)22(27)28-12-14-30-13-11-24/h3-10,24H,11-14H2,1-2H3/b23-15+. The zero-order valence-electron chi connectivity index (χ0n) is 17.2. The zero-order valence-corrected chi connectivity index (χ0v) is 18.8. The van der Waals surface area contributed by atoms with Crippen LogP contribution in [0.1, 0.15) is 34.6 Å². The van der Waals surface area contributed by atoms with E-state index in [-0.39, 0.29) is 24.1 Å². The Morgan fingerprint density at radius 1 is 0.903 bits per heavy atom. The lowest BCUT2D eigenvalue weighted by Gasteiger charge is -2.06. The molecule has 0 heterocycles. The third-order valence-electron chi connectivity index (χ3n) is 3.78. The van der Waals surface area contributed by atoms with Gasteiger partial charge in [0.05, 0.1) is 12.2 Å². The van der Waals surface area contributed by atoms with Gasteiger partial charge in [-0.2, -0.15) is 11.8 Å². The molecule has 0 spiro atoms. The number of aliphatic hydroxyl groups excluding tert-OH is 1. The number of ketones is 1. The molecule has 0 fully saturated rings. The van der Waals surface area contributed by atoms with Gasteiger partial charge in [0.2, 0.25) is 5.78 Å². The average Bonchev–Trinajstić information content (AvgIpc) is 2.77. The van der Waals surface area contributed by atoms with Crippen LogP contribution in [-0.4, -0.2) is 53.3 Å². The van der Waals surface area contributed by atoms with Gasteiger partial charge >= 0.3 is 11.9 Å². The van der Waals surface area contributed by atoms with Crippen molar-refractivity contribution in [2.45, 2.75) is 23.6 Å². The third kappa shape index (κ3) is 8.56. The summed E-state index contributed by atoms with van der Waals surface area (Å²) in [6, 6.07) is 14.0. The van der Waals surface area contributed by atoms with Crippen LogP contribution in [0, 0.1) is 0 Å². The van der Waals surface area contributed by atoms with Crippen LogP contribution in [0.5, 0.6) is 0 Å². The minimum Gasteiger partial charge on any atom is -0.461 e. The Morgan fingerprint density at radius 2 is 1.48 bits per heavy atom. The Kier molecular flexibility index (Phi) is 10.3. The van der Waals surface area contributed by atoms with E-state index in [0.717, 1.165) is 9.79 Å². The number of esters is 1. The van der Waals surface area contributed by atoms with Gasteiger partial charge in [-0.3, -0.25) is 4.79 Å². The topological polar surface area (TPSA) is 102 Å². The van der Waals surface area contributed by atoms with Crippen LogP contribution in [-0.2, 0) is 14.4 Å². The molecule has 0 amide bonds. The first kappa shape index (κ1) is 24.6. The number of carbonyl (C=O) groups is 3. The van der Waals surface area contributed by atoms with Gasteiger partial charge in [-0.25, -0.2) is 9.59 Å². The minimum atomic E-state index is -0.588. The van der Waals surface area contributed by atoms with Crippen LogP contribution in [0.3, 0.4) is 0 Å². The Balaban J connectivity index is 1.90. The number of nitrogens with zero attached hydrogens (tertiary/aromatic N) is 1. The predicted molar refractivity (Wildman–Crippen MR) is 121 cm³/mol. The van der Waals surface area contributed by atoms with E-state index < -0.39 is 5.97 Å². The first-order valence-electron chi connectivity index (χ1n) is 9.41. The Bertz CT molecular complexity index is 926. The number of benzene rings is 2. The summed E-state index contributed by atoms with van der Waals surface area (Å²) in [5, 5.41) is 12.2. The number of ether oxygens (including phenoxy) is 1. The fourth-order valence-corrected chi connectivity index (χ4v) is 3.65. The molecule has 0 unspecified atom stereocenters. The van der Waals surface area contributed by atoms with E-state index in [2.05, 4.69) is 9.99 Å². The van der Waals surface area contributed by atoms with Crippen molar-refractivity contribution in [1.82, 2.24) is 0 Å². The highest BCUT2D eigenvalue weighted by Gasteiger charge is 2.11. The highest BCUT2D eigenvalue weighted by atomic mass is 32.2. The largest absolute Gasteiger partial charge is 0.461 e. The highest BCUT2D eigenvalue weighted by molar-refractivity contribution is 7.99. The summed E-state index contributed by atoms with van der Waals surface area (Å²) in [6.45, 7) is 3.11. The summed E-state index contributed by atoms with van der Waals surface area (Å²) in [7, 11) is 0. The molecule has 31 heavy (non-hydrogen) atoms. The highest BCUT2D eigenvalue weighted by Crippen LogP contribution is 2.28. The molecular weight excluding hydrogens is 438 g/mol. The maximum atomic E-state index is 12.3. The molecule has 0 aliphatic rings. The summed E-state index contributed by atoms with van der Waals surface area (Å²) >= 11 is 3.01. The number of Topliss-reactive ketones (excluding diaryl/α,β-unsaturated/α-hetero) is 1. The second-order valence-electron chi connectivity index (χ2n) is 6.21. The number of thioether (sulfide) groups is 1. The van der Waals surface area contributed by atoms with E-state index >= 15 is 0 Å². The molecule has 0 atom stereocenters. The van der Waals surface area contributed by atoms with E-state index in [4.69, 9.17) is 9.84 Å². The minimum absolute atomic E-state index is 0.0880. The van der Waals surface area contributed by atoms with E-state index in [1.807, 2.05) is 24.3 Å². The summed E-state index contributed by atoms with van der Waals surface area (Å²) in [4.78, 5) is 41.4. The summed E-state index contributed by atoms with van der Waals surface area (Å²) in [5.41, 5.74) is 0.998. The van der Waals surface area contributed by atoms with Crippen LogP contribution in [0.4, 0.5) is 0 Å². The van der Waals surface area contributed by atoms with E-state index in [1.165, 1.54) is 37.4 Å². The quantitative estimate of drug-likeness (QED) is 0.134. The molecule has 0 radical (unpaired) electrons. The molecule has 2 aromatic carbocycles. The molecule has 7 nitrogen and oxygen atoms in total. The first-order valence-corrected chi connectivity index (χ1v) is 11.4. The van der Waals surface area contributed by atoms with Crippen LogP contribution >= 0.6 is 23.5 Å². The van der Waals surface area contributed by atoms with Crippen molar-refractivity contribution in [2.24, 2.45) is 5.16 Å². The molecule has 0 aromatic heterocycles. The van der Waals surface area contributed by atoms with Crippen LogP contribution in [0.15, 0.2) is 63.5 Å². The lowest BCUT2D eigenvalue weighted by molar-refractivity contribution is -0.140. The molecule has 2 rings (SSSR count). The third-order valence-corrected chi connectivity index (χ3v) is 5.72. The number of hydrogen-bond donors (Lipinski definition) is 1. The fraction of sp³-hybridized carbons (Fsp3) is 0.273. The SMILES string of the molecule is CC(=O)O/N=C(\C)C(=O)c1ccc(Sc2ccc(C(=O)OCCSCCO)cc2)cc1. The molecule has 164 valence electrons. The normalized spacial score (nSPS) is 11.1. The van der Waals surface area contributed by atoms with Gasteiger partial charge in [0.15, 0.2) is 0 Å². The second-order valence-corrected chi connectivity index (χ2v) is 8.58. The molecule has 1 N–H and O–H groups in total. The van der Waals surface area contributed by atoms with Crippen LogP contribution in [0.2, 0.25) is 0 Å². The van der Waals surface area contributed by atoms with Gasteiger partial charge in [-0.05, 0) is 55.5 Å². The molecule has 0 saturated heterocycles. The molecule has 0 bridgehead atoms. The van der Waals surface area contributed by atoms with Crippen molar-refractivity contribution in [3.63, 3.8) is 0 Å². The van der Waals surface area contributed by atoms with Crippen molar-refractivity contribution < 1.29 is 29.1 Å². The molecule has 0 saturated carbocycles. The zero-order chi connectivity index (χ0) is 22.6. The maximum absolute atomic E-state index is 12.3. The Labute approximate surface area is 189 Å². The smallest absolute Gasteiger partial charge is 0.338 e. The van der Waals surface area contributed by atoms with E-state index in [9.17, 15) is 14.4 Å². The summed E-state index contributed by atoms with van der Waals surface area (Å²) in [5.74, 6) is -0.0195. The van der Waals surface area contributed by atoms with E-state index in [1.54, 1.807) is 24.3 Å². The van der Waals surface area contributed by atoms with Gasteiger partial charge in [0.25, 0.3) is 0 Å². The van der Waals surface area contributed by atoms with Gasteiger partial charge in [-0.15, -0.1) is 0 Å². The number of aliphatic hydroxyl groups is 1. The maximum Gasteiger partial charge on any atom is 0.338 e. The fourth-order valence-electron chi connectivity index (χ4n) is 2.30. The van der Waals surface area contributed by atoms with E-state index in [0.29, 0.717) is 29.2 Å². The number of carbonyl (C=O) groups excluding carboxylic acids is 3. The monoisotopic (exact) mass is 461 g/mol. The van der Waals surface area contributed by atoms with Gasteiger partial charge in [0.1, 0.15) is 12.3 Å². The van der Waals surface area contributed by atoms with Crippen LogP contribution < -0.4 is 0 Å². The first-order chi connectivity index (χ1) is 14.9. The molecular formula is C22H23NO6S2. The second kappa shape index (κ2) is 12.9. The molecule has 0 aliphatic carbocycles. The summed E-state index contributed by atoms with van der Waals surface area (Å²) < 4.78 is 5.20. The molecule has 9 heteroatoms. The van der Waals surface area contributed by atoms with Crippen LogP contribution in [0.25, 0.3) is 0 Å². The van der Waals surface area contributed by atoms with Crippen molar-refractivity contribution in [1.29, 1.82) is 0 Å². The number of oxime groups is 1. The lowest BCUT2D eigenvalue weighted by Crippen LogP contribution is -2.11. The van der Waals surface area contributed by atoms with Crippen molar-refractivity contribution in [3.05, 3.63) is 59.7 Å². The van der Waals surface area contributed by atoms with Gasteiger partial charge in [0, 0.05) is 33.8 Å². The predicted octanol–water partition coefficient (Wildman–Crippen LogP) is 3.84. The van der Waals surface area contributed by atoms with Gasteiger partial charge in [-0.1, -0.05) is 16.9 Å². The number of rotatable bonds is 11. The van der Waals surface area contributed by atoms with Crippen molar-refractivity contribution in [2.75, 3.05) is 24.7 Å². The Hall–Kier alpha value is -2.62. The summed E-state index contributed by atoms with van der Waals surface area (Å²) in [6.07, 6.45) is 0. The average molecular weight is 462 g/mol. The molecule has 2 aromatic rings. The Morgan fingerprint density at radius 3 is 2.03 bits per heavy atom. The van der Waals surface area contributed by atoms with Crippen molar-refractivity contribution >= 4 is 47.0 Å². The number of hydrogen-bond acceptors (Lipinski definition) is 9. The lowest BCUT2D eigenvalue weighted by atomic mass is 10.1. The molecule has 0 aliphatic heterocycles. The van der Waals surface area contributed by atoms with Crippen molar-refractivity contribution in [3.8, 4) is 0 Å².